The van der Waals surface area contributed by atoms with Crippen LogP contribution in [0.2, 0.25) is 0 Å². The van der Waals surface area contributed by atoms with Crippen LogP contribution < -0.4 is 10.6 Å². The Labute approximate surface area is 143 Å². The summed E-state index contributed by atoms with van der Waals surface area (Å²) in [5, 5.41) is 5.34. The molecule has 2 aromatic carbocycles. The van der Waals surface area contributed by atoms with E-state index in [0.717, 1.165) is 0 Å². The van der Waals surface area contributed by atoms with Gasteiger partial charge in [-0.1, -0.05) is 12.1 Å². The van der Waals surface area contributed by atoms with Crippen LogP contribution in [0.3, 0.4) is 0 Å². The number of benzene rings is 2. The molecule has 0 atom stereocenters. The third-order valence-corrected chi connectivity index (χ3v) is 3.44. The molecular formula is C19H14FN3O2. The molecule has 0 unspecified atom stereocenters. The molecule has 3 rings (SSSR count). The van der Waals surface area contributed by atoms with Gasteiger partial charge in [0.25, 0.3) is 11.8 Å². The summed E-state index contributed by atoms with van der Waals surface area (Å²) in [6, 6.07) is 15.6. The van der Waals surface area contributed by atoms with E-state index < -0.39 is 11.7 Å². The Bertz CT molecular complexity index is 896. The molecule has 0 spiro atoms. The van der Waals surface area contributed by atoms with Crippen molar-refractivity contribution in [1.82, 2.24) is 4.98 Å². The summed E-state index contributed by atoms with van der Waals surface area (Å²) in [6.07, 6.45) is 3.06. The Balaban J connectivity index is 1.65. The first-order chi connectivity index (χ1) is 12.1. The number of carbonyl (C=O) groups is 2. The van der Waals surface area contributed by atoms with Gasteiger partial charge in [-0.25, -0.2) is 4.39 Å². The Kier molecular flexibility index (Phi) is 4.80. The van der Waals surface area contributed by atoms with Gasteiger partial charge < -0.3 is 10.6 Å². The number of nitrogens with one attached hydrogen (secondary N) is 2. The largest absolute Gasteiger partial charge is 0.322 e. The molecule has 2 N–H and O–H groups in total. The average molecular weight is 335 g/mol. The number of carbonyl (C=O) groups excluding carboxylic acids is 2. The normalized spacial score (nSPS) is 10.1. The van der Waals surface area contributed by atoms with E-state index in [9.17, 15) is 14.0 Å². The van der Waals surface area contributed by atoms with E-state index in [-0.39, 0.29) is 11.5 Å². The van der Waals surface area contributed by atoms with Gasteiger partial charge in [0, 0.05) is 23.8 Å². The number of rotatable bonds is 4. The van der Waals surface area contributed by atoms with Crippen LogP contribution in [0.25, 0.3) is 0 Å². The summed E-state index contributed by atoms with van der Waals surface area (Å²) in [5.74, 6) is -1.40. The van der Waals surface area contributed by atoms with E-state index in [1.54, 1.807) is 48.7 Å². The van der Waals surface area contributed by atoms with Gasteiger partial charge in [0.15, 0.2) is 0 Å². The molecule has 1 heterocycles. The van der Waals surface area contributed by atoms with Crippen LogP contribution in [-0.4, -0.2) is 16.8 Å². The maximum atomic E-state index is 13.6. The molecule has 3 aromatic rings. The molecule has 0 radical (unpaired) electrons. The molecule has 25 heavy (non-hydrogen) atoms. The van der Waals surface area contributed by atoms with E-state index in [1.165, 1.54) is 24.4 Å². The maximum Gasteiger partial charge on any atom is 0.258 e. The van der Waals surface area contributed by atoms with Crippen LogP contribution in [-0.2, 0) is 0 Å². The zero-order chi connectivity index (χ0) is 17.6. The lowest BCUT2D eigenvalue weighted by Crippen LogP contribution is -2.14. The van der Waals surface area contributed by atoms with Crippen molar-refractivity contribution in [3.05, 3.63) is 90.0 Å². The molecule has 0 aliphatic rings. The second-order valence-corrected chi connectivity index (χ2v) is 5.21. The minimum absolute atomic E-state index is 0.0311. The molecule has 0 aliphatic heterocycles. The highest BCUT2D eigenvalue weighted by molar-refractivity contribution is 6.05. The van der Waals surface area contributed by atoms with Crippen molar-refractivity contribution >= 4 is 23.2 Å². The summed E-state index contributed by atoms with van der Waals surface area (Å²) in [5.41, 5.74) is 1.47. The van der Waals surface area contributed by atoms with E-state index in [1.807, 2.05) is 0 Å². The van der Waals surface area contributed by atoms with E-state index >= 15 is 0 Å². The second-order valence-electron chi connectivity index (χ2n) is 5.21. The summed E-state index contributed by atoms with van der Waals surface area (Å²) in [4.78, 5) is 28.0. The monoisotopic (exact) mass is 335 g/mol. The fourth-order valence-electron chi connectivity index (χ4n) is 2.18. The van der Waals surface area contributed by atoms with Crippen molar-refractivity contribution in [3.8, 4) is 0 Å². The average Bonchev–Trinajstić information content (AvgIpc) is 2.64. The number of nitrogens with zero attached hydrogens (tertiary/aromatic N) is 1. The molecule has 0 aliphatic carbocycles. The van der Waals surface area contributed by atoms with Crippen LogP contribution in [0, 0.1) is 5.82 Å². The van der Waals surface area contributed by atoms with Crippen LogP contribution in [0.15, 0.2) is 73.1 Å². The second kappa shape index (κ2) is 7.35. The molecule has 124 valence electrons. The van der Waals surface area contributed by atoms with Crippen molar-refractivity contribution in [2.45, 2.75) is 0 Å². The van der Waals surface area contributed by atoms with Gasteiger partial charge in [-0.15, -0.1) is 0 Å². The van der Waals surface area contributed by atoms with E-state index in [2.05, 4.69) is 15.6 Å². The summed E-state index contributed by atoms with van der Waals surface area (Å²) in [6.45, 7) is 0. The first-order valence-corrected chi connectivity index (χ1v) is 7.51. The Morgan fingerprint density at radius 3 is 2.04 bits per heavy atom. The Morgan fingerprint density at radius 2 is 1.44 bits per heavy atom. The molecule has 0 fully saturated rings. The Morgan fingerprint density at radius 1 is 0.800 bits per heavy atom. The SMILES string of the molecule is O=C(Nc1ccc(NC(=O)c2ccccc2F)cc1)c1cccnc1. The number of hydrogen-bond donors (Lipinski definition) is 2. The van der Waals surface area contributed by atoms with Gasteiger partial charge in [-0.05, 0) is 48.5 Å². The third kappa shape index (κ3) is 4.06. The number of halogens is 1. The predicted octanol–water partition coefficient (Wildman–Crippen LogP) is 3.73. The van der Waals surface area contributed by atoms with Crippen LogP contribution in [0.4, 0.5) is 15.8 Å². The number of anilines is 2. The van der Waals surface area contributed by atoms with Crippen molar-refractivity contribution in [1.29, 1.82) is 0 Å². The molecule has 5 nitrogen and oxygen atoms in total. The highest BCUT2D eigenvalue weighted by Crippen LogP contribution is 2.16. The molecule has 0 saturated heterocycles. The fourth-order valence-corrected chi connectivity index (χ4v) is 2.18. The molecule has 2 amide bonds. The lowest BCUT2D eigenvalue weighted by atomic mass is 10.2. The molecule has 1 aromatic heterocycles. The van der Waals surface area contributed by atoms with Crippen molar-refractivity contribution < 1.29 is 14.0 Å². The molecule has 0 bridgehead atoms. The number of amides is 2. The first-order valence-electron chi connectivity index (χ1n) is 7.51. The molecule has 0 saturated carbocycles. The van der Waals surface area contributed by atoms with Crippen molar-refractivity contribution in [2.75, 3.05) is 10.6 Å². The van der Waals surface area contributed by atoms with Gasteiger partial charge in [-0.3, -0.25) is 14.6 Å². The number of pyridine rings is 1. The van der Waals surface area contributed by atoms with Crippen LogP contribution in [0.1, 0.15) is 20.7 Å². The third-order valence-electron chi connectivity index (χ3n) is 3.44. The topological polar surface area (TPSA) is 71.1 Å². The highest BCUT2D eigenvalue weighted by atomic mass is 19.1. The van der Waals surface area contributed by atoms with Crippen LogP contribution in [0.5, 0.6) is 0 Å². The van der Waals surface area contributed by atoms with Crippen molar-refractivity contribution in [2.24, 2.45) is 0 Å². The Hall–Kier alpha value is -3.54. The lowest BCUT2D eigenvalue weighted by molar-refractivity contribution is 0.101. The molecular weight excluding hydrogens is 321 g/mol. The summed E-state index contributed by atoms with van der Waals surface area (Å²) in [7, 11) is 0. The van der Waals surface area contributed by atoms with Gasteiger partial charge in [0.2, 0.25) is 0 Å². The standard InChI is InChI=1S/C19H14FN3O2/c20-17-6-2-1-5-16(17)19(25)23-15-9-7-14(8-10-15)22-18(24)13-4-3-11-21-12-13/h1-12H,(H,22,24)(H,23,25). The zero-order valence-electron chi connectivity index (χ0n) is 13.1. The van der Waals surface area contributed by atoms with Gasteiger partial charge in [0.05, 0.1) is 11.1 Å². The number of aromatic nitrogens is 1. The van der Waals surface area contributed by atoms with Gasteiger partial charge >= 0.3 is 0 Å². The predicted molar refractivity (Wildman–Crippen MR) is 93.0 cm³/mol. The van der Waals surface area contributed by atoms with E-state index in [0.29, 0.717) is 16.9 Å². The summed E-state index contributed by atoms with van der Waals surface area (Å²) < 4.78 is 13.6. The van der Waals surface area contributed by atoms with E-state index in [4.69, 9.17) is 0 Å². The van der Waals surface area contributed by atoms with Gasteiger partial charge in [-0.2, -0.15) is 0 Å². The van der Waals surface area contributed by atoms with Gasteiger partial charge in [0.1, 0.15) is 5.82 Å². The highest BCUT2D eigenvalue weighted by Gasteiger charge is 2.11. The molecule has 6 heteroatoms. The fraction of sp³-hybridized carbons (Fsp3) is 0. The first kappa shape index (κ1) is 16.3. The smallest absolute Gasteiger partial charge is 0.258 e. The van der Waals surface area contributed by atoms with Crippen LogP contribution >= 0.6 is 0 Å². The summed E-state index contributed by atoms with van der Waals surface area (Å²) >= 11 is 0. The minimum atomic E-state index is -0.583. The minimum Gasteiger partial charge on any atom is -0.322 e. The van der Waals surface area contributed by atoms with Crippen molar-refractivity contribution in [3.63, 3.8) is 0 Å². The lowest BCUT2D eigenvalue weighted by Gasteiger charge is -2.08. The maximum absolute atomic E-state index is 13.6. The zero-order valence-corrected chi connectivity index (χ0v) is 13.1. The quantitative estimate of drug-likeness (QED) is 0.763. The number of hydrogen-bond acceptors (Lipinski definition) is 3.